The first-order chi connectivity index (χ1) is 18.2. The van der Waals surface area contributed by atoms with Gasteiger partial charge in [-0.2, -0.15) is 0 Å². The van der Waals surface area contributed by atoms with Crippen LogP contribution in [-0.2, 0) is 14.3 Å². The van der Waals surface area contributed by atoms with Gasteiger partial charge in [-0.05, 0) is 66.6 Å². The highest BCUT2D eigenvalue weighted by atomic mass is 16.5. The van der Waals surface area contributed by atoms with Gasteiger partial charge in [0.05, 0.1) is 23.3 Å². The molecule has 0 radical (unpaired) electrons. The maximum Gasteiger partial charge on any atom is 0.338 e. The minimum absolute atomic E-state index is 0.0126. The highest BCUT2D eigenvalue weighted by molar-refractivity contribution is 6.51. The Balaban J connectivity index is 1.68. The summed E-state index contributed by atoms with van der Waals surface area (Å²) in [6.07, 6.45) is -0.334. The van der Waals surface area contributed by atoms with Crippen molar-refractivity contribution in [2.24, 2.45) is 0 Å². The topological polar surface area (TPSA) is 104 Å². The number of benzene rings is 4. The van der Waals surface area contributed by atoms with Gasteiger partial charge in [0.15, 0.2) is 0 Å². The van der Waals surface area contributed by atoms with E-state index in [0.717, 1.165) is 10.8 Å². The average molecular weight is 508 g/mol. The quantitative estimate of drug-likeness (QED) is 0.155. The third kappa shape index (κ3) is 4.50. The molecule has 1 atom stereocenters. The van der Waals surface area contributed by atoms with Gasteiger partial charge >= 0.3 is 5.97 Å². The molecule has 0 aliphatic carbocycles. The number of fused-ring (bicyclic) bond motifs is 1. The third-order valence-corrected chi connectivity index (χ3v) is 6.38. The summed E-state index contributed by atoms with van der Waals surface area (Å²) in [6, 6.07) is 24.2. The van der Waals surface area contributed by atoms with E-state index in [4.69, 9.17) is 4.74 Å². The van der Waals surface area contributed by atoms with Crippen molar-refractivity contribution in [1.82, 2.24) is 0 Å². The van der Waals surface area contributed by atoms with E-state index >= 15 is 0 Å². The van der Waals surface area contributed by atoms with E-state index in [2.05, 4.69) is 0 Å². The second-order valence-corrected chi connectivity index (χ2v) is 9.33. The van der Waals surface area contributed by atoms with Gasteiger partial charge in [-0.25, -0.2) is 4.79 Å². The molecule has 0 spiro atoms. The lowest BCUT2D eigenvalue weighted by Crippen LogP contribution is -2.29. The van der Waals surface area contributed by atoms with Crippen molar-refractivity contribution in [2.75, 3.05) is 4.90 Å². The number of ketones is 1. The molecule has 5 rings (SSSR count). The van der Waals surface area contributed by atoms with Gasteiger partial charge in [0.25, 0.3) is 11.7 Å². The van der Waals surface area contributed by atoms with Crippen LogP contribution < -0.4 is 4.90 Å². The fraction of sp³-hybridized carbons (Fsp3) is 0.129. The van der Waals surface area contributed by atoms with E-state index < -0.39 is 23.7 Å². The Morgan fingerprint density at radius 1 is 0.842 bits per heavy atom. The Morgan fingerprint density at radius 3 is 2.26 bits per heavy atom. The van der Waals surface area contributed by atoms with Crippen LogP contribution in [0.5, 0.6) is 5.75 Å². The second kappa shape index (κ2) is 9.86. The first-order valence-electron chi connectivity index (χ1n) is 12.1. The fourth-order valence-corrected chi connectivity index (χ4v) is 4.63. The van der Waals surface area contributed by atoms with Crippen molar-refractivity contribution in [3.8, 4) is 5.75 Å². The molecule has 4 aromatic rings. The molecule has 7 nitrogen and oxygen atoms in total. The second-order valence-electron chi connectivity index (χ2n) is 9.33. The predicted molar refractivity (Wildman–Crippen MR) is 144 cm³/mol. The molecule has 0 aromatic heterocycles. The summed E-state index contributed by atoms with van der Waals surface area (Å²) in [6.45, 7) is 3.47. The summed E-state index contributed by atoms with van der Waals surface area (Å²) in [4.78, 5) is 40.7. The van der Waals surface area contributed by atoms with Crippen LogP contribution in [0.2, 0.25) is 0 Å². The average Bonchev–Trinajstić information content (AvgIpc) is 3.18. The van der Waals surface area contributed by atoms with Gasteiger partial charge in [0, 0.05) is 11.3 Å². The van der Waals surface area contributed by atoms with E-state index in [1.807, 2.05) is 30.3 Å². The van der Waals surface area contributed by atoms with Crippen LogP contribution in [0, 0.1) is 0 Å². The highest BCUT2D eigenvalue weighted by Crippen LogP contribution is 2.43. The zero-order valence-corrected chi connectivity index (χ0v) is 20.8. The maximum absolute atomic E-state index is 13.4. The number of hydrogen-bond donors (Lipinski definition) is 2. The van der Waals surface area contributed by atoms with E-state index in [0.29, 0.717) is 16.8 Å². The van der Waals surface area contributed by atoms with Gasteiger partial charge in [-0.3, -0.25) is 14.5 Å². The van der Waals surface area contributed by atoms with Crippen molar-refractivity contribution in [3.63, 3.8) is 0 Å². The van der Waals surface area contributed by atoms with Gasteiger partial charge in [-0.15, -0.1) is 0 Å². The molecule has 7 heteroatoms. The molecular weight excluding hydrogens is 482 g/mol. The lowest BCUT2D eigenvalue weighted by molar-refractivity contribution is -0.132. The normalized spacial score (nSPS) is 16.8. The van der Waals surface area contributed by atoms with Crippen molar-refractivity contribution in [2.45, 2.75) is 26.0 Å². The molecule has 1 aliphatic rings. The lowest BCUT2D eigenvalue weighted by atomic mass is 9.94. The maximum atomic E-state index is 13.4. The Hall–Kier alpha value is -4.91. The number of ether oxygens (including phenoxy) is 1. The molecular formula is C31H25NO6. The summed E-state index contributed by atoms with van der Waals surface area (Å²) >= 11 is 0. The van der Waals surface area contributed by atoms with Crippen LogP contribution in [0.1, 0.15) is 41.4 Å². The molecule has 4 aromatic carbocycles. The van der Waals surface area contributed by atoms with Crippen LogP contribution in [-0.4, -0.2) is 34.0 Å². The van der Waals surface area contributed by atoms with Gasteiger partial charge in [-0.1, -0.05) is 54.6 Å². The van der Waals surface area contributed by atoms with Crippen LogP contribution in [0.4, 0.5) is 5.69 Å². The van der Waals surface area contributed by atoms with Crippen molar-refractivity contribution in [1.29, 1.82) is 0 Å². The zero-order chi connectivity index (χ0) is 27.0. The number of aromatic hydroxyl groups is 1. The van der Waals surface area contributed by atoms with Gasteiger partial charge in [0.2, 0.25) is 0 Å². The largest absolute Gasteiger partial charge is 0.508 e. The molecule has 38 heavy (non-hydrogen) atoms. The molecule has 190 valence electrons. The van der Waals surface area contributed by atoms with E-state index in [1.54, 1.807) is 56.3 Å². The summed E-state index contributed by atoms with van der Waals surface area (Å²) in [7, 11) is 0. The van der Waals surface area contributed by atoms with Crippen molar-refractivity contribution >= 4 is 39.9 Å². The number of esters is 1. The Kier molecular flexibility index (Phi) is 6.43. The summed E-state index contributed by atoms with van der Waals surface area (Å²) in [5.74, 6) is -2.57. The van der Waals surface area contributed by atoms with Gasteiger partial charge < -0.3 is 14.9 Å². The van der Waals surface area contributed by atoms with E-state index in [9.17, 15) is 24.6 Å². The number of phenols is 1. The molecule has 1 saturated heterocycles. The SMILES string of the molecule is CC(C)OC(=O)c1cccc(N2C(=O)C(=O)/C(=C(\O)c3ccc4ccccc4c3)C2c2ccc(O)cc2)c1. The van der Waals surface area contributed by atoms with Crippen molar-refractivity contribution in [3.05, 3.63) is 113 Å². The highest BCUT2D eigenvalue weighted by Gasteiger charge is 2.47. The third-order valence-electron chi connectivity index (χ3n) is 6.38. The number of carbonyl (C=O) groups excluding carboxylic acids is 3. The van der Waals surface area contributed by atoms with E-state index in [1.165, 1.54) is 23.1 Å². The minimum atomic E-state index is -1.00. The molecule has 0 saturated carbocycles. The number of anilines is 1. The summed E-state index contributed by atoms with van der Waals surface area (Å²) < 4.78 is 5.29. The Labute approximate surface area is 219 Å². The Morgan fingerprint density at radius 2 is 1.55 bits per heavy atom. The fourth-order valence-electron chi connectivity index (χ4n) is 4.63. The smallest absolute Gasteiger partial charge is 0.338 e. The molecule has 2 N–H and O–H groups in total. The predicted octanol–water partition coefficient (Wildman–Crippen LogP) is 5.74. The number of rotatable bonds is 5. The first kappa shape index (κ1) is 24.8. The number of Topliss-reactive ketones (excluding diaryl/α,β-unsaturated/α-hetero) is 1. The molecule has 1 fully saturated rings. The summed E-state index contributed by atoms with van der Waals surface area (Å²) in [5, 5.41) is 23.1. The van der Waals surface area contributed by atoms with Gasteiger partial charge in [0.1, 0.15) is 11.5 Å². The number of aliphatic hydroxyl groups is 1. The lowest BCUT2D eigenvalue weighted by Gasteiger charge is -2.26. The van der Waals surface area contributed by atoms with Crippen molar-refractivity contribution < 1.29 is 29.3 Å². The number of phenolic OH excluding ortho intramolecular Hbond substituents is 1. The standard InChI is InChI=1S/C31H25NO6/c1-18(2)38-31(37)23-8-5-9-24(17-23)32-27(20-12-14-25(33)15-13-20)26(29(35)30(32)36)28(34)22-11-10-19-6-3-4-7-21(19)16-22/h3-18,27,33-34H,1-2H3/b28-26-. The number of aliphatic hydroxyl groups excluding tert-OH is 1. The van der Waals surface area contributed by atoms with E-state index in [-0.39, 0.29) is 28.7 Å². The minimum Gasteiger partial charge on any atom is -0.508 e. The molecule has 1 amide bonds. The zero-order valence-electron chi connectivity index (χ0n) is 20.8. The Bertz CT molecular complexity index is 1600. The number of nitrogens with zero attached hydrogens (tertiary/aromatic N) is 1. The number of hydrogen-bond acceptors (Lipinski definition) is 6. The van der Waals surface area contributed by atoms with Crippen LogP contribution in [0.3, 0.4) is 0 Å². The monoisotopic (exact) mass is 507 g/mol. The molecule has 0 bridgehead atoms. The molecule has 1 heterocycles. The van der Waals surface area contributed by atoms with Crippen LogP contribution in [0.25, 0.3) is 16.5 Å². The number of carbonyl (C=O) groups is 3. The molecule has 1 unspecified atom stereocenters. The number of amides is 1. The summed E-state index contributed by atoms with van der Waals surface area (Å²) in [5.41, 5.74) is 1.31. The van der Waals surface area contributed by atoms with Crippen LogP contribution >= 0.6 is 0 Å². The molecule has 1 aliphatic heterocycles. The van der Waals surface area contributed by atoms with Crippen LogP contribution in [0.15, 0.2) is 96.6 Å². The first-order valence-corrected chi connectivity index (χ1v) is 12.1.